The molecule has 1 aromatic carbocycles. The lowest BCUT2D eigenvalue weighted by Crippen LogP contribution is -2.26. The quantitative estimate of drug-likeness (QED) is 0.864. The number of hydrogen-bond donors (Lipinski definition) is 1. The molecule has 1 fully saturated rings. The first-order chi connectivity index (χ1) is 10.4. The van der Waals surface area contributed by atoms with Crippen molar-refractivity contribution < 1.29 is 19.4 Å². The van der Waals surface area contributed by atoms with Crippen molar-refractivity contribution >= 4 is 21.9 Å². The van der Waals surface area contributed by atoms with Crippen molar-refractivity contribution in [2.45, 2.75) is 39.0 Å². The first-order valence-electron chi connectivity index (χ1n) is 7.66. The van der Waals surface area contributed by atoms with Crippen LogP contribution in [0.25, 0.3) is 0 Å². The number of carbonyl (C=O) groups is 1. The molecule has 0 bridgehead atoms. The predicted octanol–water partition coefficient (Wildman–Crippen LogP) is 4.21. The maximum absolute atomic E-state index is 11.2. The minimum absolute atomic E-state index is 0.0389. The predicted molar refractivity (Wildman–Crippen MR) is 86.6 cm³/mol. The van der Waals surface area contributed by atoms with Crippen molar-refractivity contribution in [2.75, 3.05) is 13.2 Å². The highest BCUT2D eigenvalue weighted by molar-refractivity contribution is 9.10. The van der Waals surface area contributed by atoms with Crippen LogP contribution in [0.1, 0.15) is 44.6 Å². The van der Waals surface area contributed by atoms with Crippen LogP contribution in [0.4, 0.5) is 0 Å². The van der Waals surface area contributed by atoms with Gasteiger partial charge in [0.2, 0.25) is 0 Å². The fraction of sp³-hybridized carbons (Fsp3) is 0.588. The highest BCUT2D eigenvalue weighted by atomic mass is 79.9. The second-order valence-electron chi connectivity index (χ2n) is 7.10. The van der Waals surface area contributed by atoms with Crippen LogP contribution in [0.3, 0.4) is 0 Å². The third-order valence-electron chi connectivity index (χ3n) is 4.28. The second kappa shape index (κ2) is 5.76. The molecular weight excluding hydrogens is 348 g/mol. The van der Waals surface area contributed by atoms with Crippen molar-refractivity contribution in [3.05, 3.63) is 22.2 Å². The molecule has 3 rings (SSSR count). The van der Waals surface area contributed by atoms with Crippen LogP contribution >= 0.6 is 15.9 Å². The first-order valence-corrected chi connectivity index (χ1v) is 8.46. The third kappa shape index (κ3) is 3.40. The van der Waals surface area contributed by atoms with E-state index in [0.29, 0.717) is 19.1 Å². The van der Waals surface area contributed by atoms with E-state index in [-0.39, 0.29) is 17.8 Å². The molecule has 22 heavy (non-hydrogen) atoms. The lowest BCUT2D eigenvalue weighted by Gasteiger charge is -2.19. The number of halogens is 1. The summed E-state index contributed by atoms with van der Waals surface area (Å²) in [4.78, 5) is 11.2. The molecule has 120 valence electrons. The van der Waals surface area contributed by atoms with E-state index in [4.69, 9.17) is 9.47 Å². The van der Waals surface area contributed by atoms with E-state index in [1.165, 1.54) is 0 Å². The number of aliphatic carboxylic acids is 1. The number of carboxylic acid groups (broad SMARTS) is 1. The SMILES string of the molecule is CC1(C)COc2cc(Br)c(C(CC(=O)O)C3CC3)cc2OC1. The lowest BCUT2D eigenvalue weighted by atomic mass is 9.91. The summed E-state index contributed by atoms with van der Waals surface area (Å²) in [6.45, 7) is 5.40. The molecule has 0 radical (unpaired) electrons. The average Bonchev–Trinajstić information content (AvgIpc) is 3.25. The van der Waals surface area contributed by atoms with Crippen LogP contribution in [-0.2, 0) is 4.79 Å². The topological polar surface area (TPSA) is 55.8 Å². The van der Waals surface area contributed by atoms with Gasteiger partial charge in [-0.1, -0.05) is 29.8 Å². The number of carboxylic acids is 1. The number of benzene rings is 1. The molecule has 4 nitrogen and oxygen atoms in total. The van der Waals surface area contributed by atoms with E-state index >= 15 is 0 Å². The van der Waals surface area contributed by atoms with E-state index < -0.39 is 5.97 Å². The number of fused-ring (bicyclic) bond motifs is 1. The minimum Gasteiger partial charge on any atom is -0.489 e. The van der Waals surface area contributed by atoms with Crippen LogP contribution in [-0.4, -0.2) is 24.3 Å². The fourth-order valence-electron chi connectivity index (χ4n) is 2.87. The van der Waals surface area contributed by atoms with Crippen molar-refractivity contribution in [1.82, 2.24) is 0 Å². The van der Waals surface area contributed by atoms with Gasteiger partial charge in [-0.05, 0) is 42.4 Å². The molecule has 1 unspecified atom stereocenters. The van der Waals surface area contributed by atoms with Crippen molar-refractivity contribution in [1.29, 1.82) is 0 Å². The van der Waals surface area contributed by atoms with Crippen molar-refractivity contribution in [3.8, 4) is 11.5 Å². The zero-order valence-electron chi connectivity index (χ0n) is 12.9. The molecule has 1 N–H and O–H groups in total. The summed E-state index contributed by atoms with van der Waals surface area (Å²) >= 11 is 3.59. The molecule has 1 aliphatic carbocycles. The minimum atomic E-state index is -0.753. The first kappa shape index (κ1) is 15.7. The fourth-order valence-corrected chi connectivity index (χ4v) is 3.48. The summed E-state index contributed by atoms with van der Waals surface area (Å²) < 4.78 is 12.7. The Morgan fingerprint density at radius 2 is 1.91 bits per heavy atom. The van der Waals surface area contributed by atoms with Gasteiger partial charge in [-0.25, -0.2) is 0 Å². The zero-order chi connectivity index (χ0) is 15.9. The van der Waals surface area contributed by atoms with Gasteiger partial charge in [-0.15, -0.1) is 0 Å². The summed E-state index contributed by atoms with van der Waals surface area (Å²) in [5, 5.41) is 9.19. The Kier molecular flexibility index (Phi) is 4.10. The Labute approximate surface area is 138 Å². The molecule has 0 spiro atoms. The van der Waals surface area contributed by atoms with Gasteiger partial charge in [0.25, 0.3) is 0 Å². The van der Waals surface area contributed by atoms with Gasteiger partial charge in [-0.2, -0.15) is 0 Å². The highest BCUT2D eigenvalue weighted by Gasteiger charge is 2.36. The van der Waals surface area contributed by atoms with Gasteiger partial charge >= 0.3 is 5.97 Å². The Morgan fingerprint density at radius 3 is 2.45 bits per heavy atom. The average molecular weight is 369 g/mol. The number of rotatable bonds is 4. The van der Waals surface area contributed by atoms with Gasteiger partial charge in [0.15, 0.2) is 11.5 Å². The van der Waals surface area contributed by atoms with E-state index in [0.717, 1.165) is 34.4 Å². The standard InChI is InChI=1S/C17H21BrO4/c1-17(2)8-21-14-5-12(13(18)7-15(14)22-9-17)11(6-16(19)20)10-3-4-10/h5,7,10-11H,3-4,6,8-9H2,1-2H3,(H,19,20). The van der Waals surface area contributed by atoms with E-state index in [1.54, 1.807) is 0 Å². The van der Waals surface area contributed by atoms with Crippen molar-refractivity contribution in [2.24, 2.45) is 11.3 Å². The molecule has 2 aliphatic rings. The lowest BCUT2D eigenvalue weighted by molar-refractivity contribution is -0.137. The summed E-state index contributed by atoms with van der Waals surface area (Å²) in [7, 11) is 0. The molecule has 1 aliphatic heterocycles. The van der Waals surface area contributed by atoms with Crippen LogP contribution in [0.2, 0.25) is 0 Å². The van der Waals surface area contributed by atoms with Gasteiger partial charge < -0.3 is 14.6 Å². The molecule has 0 saturated heterocycles. The molecule has 1 aromatic rings. The van der Waals surface area contributed by atoms with Crippen LogP contribution in [0, 0.1) is 11.3 Å². The normalized spacial score (nSPS) is 21.0. The number of ether oxygens (including phenoxy) is 2. The monoisotopic (exact) mass is 368 g/mol. The smallest absolute Gasteiger partial charge is 0.303 e. The Balaban J connectivity index is 1.93. The maximum atomic E-state index is 11.2. The Morgan fingerprint density at radius 1 is 1.32 bits per heavy atom. The van der Waals surface area contributed by atoms with E-state index in [2.05, 4.69) is 29.8 Å². The summed E-state index contributed by atoms with van der Waals surface area (Å²) in [5.41, 5.74) is 0.981. The Bertz CT molecular complexity index is 593. The molecule has 0 aromatic heterocycles. The molecule has 1 heterocycles. The second-order valence-corrected chi connectivity index (χ2v) is 7.96. The summed E-state index contributed by atoms with van der Waals surface area (Å²) in [5.74, 6) is 1.20. The van der Waals surface area contributed by atoms with Gasteiger partial charge in [0.1, 0.15) is 0 Å². The molecule has 1 atom stereocenters. The zero-order valence-corrected chi connectivity index (χ0v) is 14.5. The van der Waals surface area contributed by atoms with Crippen LogP contribution in [0.15, 0.2) is 16.6 Å². The number of hydrogen-bond acceptors (Lipinski definition) is 3. The largest absolute Gasteiger partial charge is 0.489 e. The van der Waals surface area contributed by atoms with Gasteiger partial charge in [0.05, 0.1) is 19.6 Å². The maximum Gasteiger partial charge on any atom is 0.303 e. The third-order valence-corrected chi connectivity index (χ3v) is 4.97. The van der Waals surface area contributed by atoms with E-state index in [9.17, 15) is 9.90 Å². The molecule has 1 saturated carbocycles. The van der Waals surface area contributed by atoms with Crippen LogP contribution < -0.4 is 9.47 Å². The van der Waals surface area contributed by atoms with Gasteiger partial charge in [0, 0.05) is 9.89 Å². The molecule has 0 amide bonds. The molecular formula is C17H21BrO4. The Hall–Kier alpha value is -1.23. The summed E-state index contributed by atoms with van der Waals surface area (Å²) in [6.07, 6.45) is 2.37. The van der Waals surface area contributed by atoms with Crippen molar-refractivity contribution in [3.63, 3.8) is 0 Å². The highest BCUT2D eigenvalue weighted by Crippen LogP contribution is 2.49. The van der Waals surface area contributed by atoms with E-state index in [1.807, 2.05) is 12.1 Å². The summed E-state index contributed by atoms with van der Waals surface area (Å²) in [6, 6.07) is 3.88. The molecule has 5 heteroatoms. The van der Waals surface area contributed by atoms with Gasteiger partial charge in [-0.3, -0.25) is 4.79 Å². The van der Waals surface area contributed by atoms with Crippen LogP contribution in [0.5, 0.6) is 11.5 Å².